The Labute approximate surface area is 67.6 Å². The summed E-state index contributed by atoms with van der Waals surface area (Å²) in [6.45, 7) is 7.06. The summed E-state index contributed by atoms with van der Waals surface area (Å²) in [5.74, 6) is 0.148. The number of carbonyl (C=O) groups excluding carboxylic acids is 1. The van der Waals surface area contributed by atoms with Crippen molar-refractivity contribution in [2.45, 2.75) is 20.3 Å². The Morgan fingerprint density at radius 2 is 2.36 bits per heavy atom. The van der Waals surface area contributed by atoms with Crippen LogP contribution in [0.3, 0.4) is 0 Å². The van der Waals surface area contributed by atoms with Crippen LogP contribution in [0.25, 0.3) is 0 Å². The van der Waals surface area contributed by atoms with Crippen molar-refractivity contribution < 1.29 is 9.53 Å². The minimum atomic E-state index is -0.285. The fourth-order valence-corrected chi connectivity index (χ4v) is 0.510. The molecule has 0 aromatic heterocycles. The first-order chi connectivity index (χ1) is 5.16. The van der Waals surface area contributed by atoms with E-state index in [0.29, 0.717) is 5.92 Å². The molecule has 0 N–H and O–H groups in total. The Hall–Kier alpha value is -1.05. The Kier molecular flexibility index (Phi) is 5.17. The third kappa shape index (κ3) is 6.84. The molecule has 11 heavy (non-hydrogen) atoms. The van der Waals surface area contributed by atoms with E-state index in [9.17, 15) is 4.79 Å². The van der Waals surface area contributed by atoms with Crippen LogP contribution in [0.5, 0.6) is 0 Å². The molecule has 2 heteroatoms. The molecule has 1 unspecified atom stereocenters. The van der Waals surface area contributed by atoms with Crippen LogP contribution in [0.2, 0.25) is 0 Å². The van der Waals surface area contributed by atoms with Crippen molar-refractivity contribution >= 4 is 5.97 Å². The highest BCUT2D eigenvalue weighted by Crippen LogP contribution is 2.02. The number of hydrogen-bond donors (Lipinski definition) is 0. The summed E-state index contributed by atoms with van der Waals surface area (Å²) < 4.78 is 4.58. The molecule has 0 aliphatic heterocycles. The number of ether oxygens (including phenoxy) is 1. The lowest BCUT2D eigenvalue weighted by Gasteiger charge is -1.98. The van der Waals surface area contributed by atoms with Gasteiger partial charge in [0.15, 0.2) is 0 Å². The SMILES string of the molecule is C=CC(C)C/C=C/OC(C)=O. The van der Waals surface area contributed by atoms with Gasteiger partial charge in [0.25, 0.3) is 0 Å². The van der Waals surface area contributed by atoms with Crippen LogP contribution in [0.15, 0.2) is 25.0 Å². The Morgan fingerprint density at radius 1 is 1.73 bits per heavy atom. The standard InChI is InChI=1S/C9H14O2/c1-4-8(2)6-5-7-11-9(3)10/h4-5,7-8H,1,6H2,2-3H3/b7-5+. The Balaban J connectivity index is 3.44. The topological polar surface area (TPSA) is 26.3 Å². The molecule has 0 rings (SSSR count). The lowest BCUT2D eigenvalue weighted by Crippen LogP contribution is -1.90. The lowest BCUT2D eigenvalue weighted by molar-refractivity contribution is -0.135. The number of rotatable bonds is 4. The molecule has 0 saturated carbocycles. The normalized spacial score (nSPS) is 12.9. The molecule has 0 aliphatic rings. The van der Waals surface area contributed by atoms with Gasteiger partial charge in [0.2, 0.25) is 0 Å². The molecular formula is C9H14O2. The first kappa shape index (κ1) is 9.95. The maximum Gasteiger partial charge on any atom is 0.307 e. The minimum Gasteiger partial charge on any atom is -0.435 e. The van der Waals surface area contributed by atoms with Crippen LogP contribution in [0, 0.1) is 5.92 Å². The van der Waals surface area contributed by atoms with E-state index >= 15 is 0 Å². The molecule has 0 aliphatic carbocycles. The van der Waals surface area contributed by atoms with Gasteiger partial charge >= 0.3 is 5.97 Å². The average Bonchev–Trinajstić information content (AvgIpc) is 1.97. The van der Waals surface area contributed by atoms with Gasteiger partial charge in [-0.1, -0.05) is 13.0 Å². The Morgan fingerprint density at radius 3 is 2.82 bits per heavy atom. The fourth-order valence-electron chi connectivity index (χ4n) is 0.510. The third-order valence-electron chi connectivity index (χ3n) is 1.24. The van der Waals surface area contributed by atoms with E-state index in [0.717, 1.165) is 6.42 Å². The molecule has 0 aromatic rings. The summed E-state index contributed by atoms with van der Waals surface area (Å²) in [6.07, 6.45) is 5.95. The van der Waals surface area contributed by atoms with Crippen LogP contribution in [0.1, 0.15) is 20.3 Å². The van der Waals surface area contributed by atoms with Crippen molar-refractivity contribution in [3.8, 4) is 0 Å². The van der Waals surface area contributed by atoms with E-state index in [1.54, 1.807) is 0 Å². The maximum atomic E-state index is 10.3. The van der Waals surface area contributed by atoms with Gasteiger partial charge in [-0.05, 0) is 18.4 Å². The summed E-state index contributed by atoms with van der Waals surface area (Å²) in [6, 6.07) is 0. The predicted octanol–water partition coefficient (Wildman–Crippen LogP) is 2.28. The summed E-state index contributed by atoms with van der Waals surface area (Å²) in [7, 11) is 0. The van der Waals surface area contributed by atoms with E-state index in [-0.39, 0.29) is 5.97 Å². The quantitative estimate of drug-likeness (QED) is 0.353. The third-order valence-corrected chi connectivity index (χ3v) is 1.24. The smallest absolute Gasteiger partial charge is 0.307 e. The molecule has 0 fully saturated rings. The van der Waals surface area contributed by atoms with E-state index in [4.69, 9.17) is 0 Å². The highest BCUT2D eigenvalue weighted by atomic mass is 16.5. The molecule has 0 aromatic carbocycles. The molecule has 2 nitrogen and oxygen atoms in total. The second-order valence-corrected chi connectivity index (χ2v) is 2.43. The predicted molar refractivity (Wildman–Crippen MR) is 44.9 cm³/mol. The van der Waals surface area contributed by atoms with Crippen molar-refractivity contribution in [1.82, 2.24) is 0 Å². The van der Waals surface area contributed by atoms with Crippen LogP contribution in [-0.2, 0) is 9.53 Å². The van der Waals surface area contributed by atoms with E-state index in [1.165, 1.54) is 13.2 Å². The van der Waals surface area contributed by atoms with Gasteiger partial charge in [-0.2, -0.15) is 0 Å². The van der Waals surface area contributed by atoms with Crippen LogP contribution < -0.4 is 0 Å². The van der Waals surface area contributed by atoms with Crippen molar-refractivity contribution in [3.05, 3.63) is 25.0 Å². The monoisotopic (exact) mass is 154 g/mol. The molecule has 62 valence electrons. The highest BCUT2D eigenvalue weighted by Gasteiger charge is 1.90. The second kappa shape index (κ2) is 5.71. The summed E-state index contributed by atoms with van der Waals surface area (Å²) in [5.41, 5.74) is 0. The first-order valence-corrected chi connectivity index (χ1v) is 3.61. The van der Waals surface area contributed by atoms with Crippen molar-refractivity contribution in [2.75, 3.05) is 0 Å². The molecule has 1 atom stereocenters. The lowest BCUT2D eigenvalue weighted by atomic mass is 10.1. The van der Waals surface area contributed by atoms with Crippen molar-refractivity contribution in [2.24, 2.45) is 5.92 Å². The van der Waals surface area contributed by atoms with Gasteiger partial charge in [-0.15, -0.1) is 6.58 Å². The minimum absolute atomic E-state index is 0.285. The van der Waals surface area contributed by atoms with E-state index < -0.39 is 0 Å². The Bertz CT molecular complexity index is 159. The van der Waals surface area contributed by atoms with Gasteiger partial charge in [0.05, 0.1) is 6.26 Å². The van der Waals surface area contributed by atoms with Gasteiger partial charge < -0.3 is 4.74 Å². The zero-order valence-corrected chi connectivity index (χ0v) is 7.04. The van der Waals surface area contributed by atoms with Gasteiger partial charge in [-0.3, -0.25) is 4.79 Å². The second-order valence-electron chi connectivity index (χ2n) is 2.43. The molecular weight excluding hydrogens is 140 g/mol. The van der Waals surface area contributed by atoms with Gasteiger partial charge in [0.1, 0.15) is 0 Å². The molecule has 0 saturated heterocycles. The van der Waals surface area contributed by atoms with Crippen LogP contribution in [0.4, 0.5) is 0 Å². The van der Waals surface area contributed by atoms with Crippen LogP contribution in [-0.4, -0.2) is 5.97 Å². The largest absolute Gasteiger partial charge is 0.435 e. The number of carbonyl (C=O) groups is 1. The average molecular weight is 154 g/mol. The van der Waals surface area contributed by atoms with Crippen molar-refractivity contribution in [1.29, 1.82) is 0 Å². The molecule has 0 spiro atoms. The summed E-state index contributed by atoms with van der Waals surface area (Å²) >= 11 is 0. The van der Waals surface area contributed by atoms with E-state index in [2.05, 4.69) is 11.3 Å². The van der Waals surface area contributed by atoms with Gasteiger partial charge in [0, 0.05) is 6.92 Å². The molecule has 0 amide bonds. The van der Waals surface area contributed by atoms with Crippen molar-refractivity contribution in [3.63, 3.8) is 0 Å². The summed E-state index contributed by atoms with van der Waals surface area (Å²) in [5, 5.41) is 0. The molecule has 0 bridgehead atoms. The first-order valence-electron chi connectivity index (χ1n) is 3.61. The number of esters is 1. The zero-order valence-electron chi connectivity index (χ0n) is 7.04. The number of hydrogen-bond acceptors (Lipinski definition) is 2. The maximum absolute atomic E-state index is 10.3. The fraction of sp³-hybridized carbons (Fsp3) is 0.444. The highest BCUT2D eigenvalue weighted by molar-refractivity contribution is 5.66. The molecule has 0 radical (unpaired) electrons. The summed E-state index contributed by atoms with van der Waals surface area (Å²) in [4.78, 5) is 10.3. The number of allylic oxidation sites excluding steroid dienone is 2. The van der Waals surface area contributed by atoms with E-state index in [1.807, 2.05) is 19.1 Å². The molecule has 0 heterocycles. The van der Waals surface area contributed by atoms with Gasteiger partial charge in [-0.25, -0.2) is 0 Å². The van der Waals surface area contributed by atoms with Crippen LogP contribution >= 0.6 is 0 Å². The zero-order chi connectivity index (χ0) is 8.69.